The lowest BCUT2D eigenvalue weighted by molar-refractivity contribution is 0.277. The molecule has 0 fully saturated rings. The van der Waals surface area contributed by atoms with E-state index in [1.54, 1.807) is 0 Å². The quantitative estimate of drug-likeness (QED) is 0.770. The van der Waals surface area contributed by atoms with Crippen molar-refractivity contribution < 1.29 is 5.11 Å². The molecule has 2 nitrogen and oxygen atoms in total. The first-order valence-corrected chi connectivity index (χ1v) is 4.83. The van der Waals surface area contributed by atoms with Crippen LogP contribution in [0.15, 0.2) is 18.3 Å². The number of rotatable bonds is 4. The van der Waals surface area contributed by atoms with Crippen LogP contribution in [0.2, 0.25) is 0 Å². The van der Waals surface area contributed by atoms with Gasteiger partial charge in [0.1, 0.15) is 0 Å². The fraction of sp³-hybridized carbons (Fsp3) is 0.545. The Morgan fingerprint density at radius 2 is 2.23 bits per heavy atom. The fourth-order valence-corrected chi connectivity index (χ4v) is 1.42. The van der Waals surface area contributed by atoms with Gasteiger partial charge in [-0.25, -0.2) is 0 Å². The summed E-state index contributed by atoms with van der Waals surface area (Å²) in [5, 5.41) is 8.81. The SMILES string of the molecule is CCCC(C)c1ccc(CO)nc1. The van der Waals surface area contributed by atoms with Crippen LogP contribution < -0.4 is 0 Å². The Morgan fingerprint density at radius 1 is 1.46 bits per heavy atom. The van der Waals surface area contributed by atoms with Crippen molar-refractivity contribution in [2.75, 3.05) is 0 Å². The average Bonchev–Trinajstić information content (AvgIpc) is 2.18. The van der Waals surface area contributed by atoms with Gasteiger partial charge in [-0.15, -0.1) is 0 Å². The maximum Gasteiger partial charge on any atom is 0.0852 e. The molecular formula is C11H17NO. The van der Waals surface area contributed by atoms with Gasteiger partial charge in [-0.2, -0.15) is 0 Å². The lowest BCUT2D eigenvalue weighted by atomic mass is 9.98. The first-order valence-electron chi connectivity index (χ1n) is 4.83. The van der Waals surface area contributed by atoms with E-state index in [0.29, 0.717) is 5.92 Å². The summed E-state index contributed by atoms with van der Waals surface area (Å²) < 4.78 is 0. The summed E-state index contributed by atoms with van der Waals surface area (Å²) in [6.45, 7) is 4.42. The van der Waals surface area contributed by atoms with Gasteiger partial charge in [0.25, 0.3) is 0 Å². The summed E-state index contributed by atoms with van der Waals surface area (Å²) in [6, 6.07) is 3.94. The van der Waals surface area contributed by atoms with Crippen molar-refractivity contribution in [1.29, 1.82) is 0 Å². The number of hydrogen-bond acceptors (Lipinski definition) is 2. The van der Waals surface area contributed by atoms with Gasteiger partial charge in [-0.1, -0.05) is 26.3 Å². The zero-order chi connectivity index (χ0) is 9.68. The molecule has 0 amide bonds. The van der Waals surface area contributed by atoms with Gasteiger partial charge in [0.05, 0.1) is 12.3 Å². The van der Waals surface area contributed by atoms with E-state index in [0.717, 1.165) is 5.69 Å². The van der Waals surface area contributed by atoms with E-state index in [-0.39, 0.29) is 6.61 Å². The van der Waals surface area contributed by atoms with Crippen LogP contribution in [0.3, 0.4) is 0 Å². The molecule has 1 aromatic heterocycles. The molecule has 1 heterocycles. The van der Waals surface area contributed by atoms with Crippen LogP contribution in [0.5, 0.6) is 0 Å². The Morgan fingerprint density at radius 3 is 2.69 bits per heavy atom. The predicted octanol–water partition coefficient (Wildman–Crippen LogP) is 2.48. The summed E-state index contributed by atoms with van der Waals surface area (Å²) in [5.74, 6) is 0.574. The summed E-state index contributed by atoms with van der Waals surface area (Å²) in [4.78, 5) is 4.15. The smallest absolute Gasteiger partial charge is 0.0852 e. The Bertz CT molecular complexity index is 243. The van der Waals surface area contributed by atoms with Gasteiger partial charge in [-0.3, -0.25) is 4.98 Å². The monoisotopic (exact) mass is 179 g/mol. The first kappa shape index (κ1) is 10.2. The van der Waals surface area contributed by atoms with Crippen LogP contribution in [0.4, 0.5) is 0 Å². The number of aliphatic hydroxyl groups excluding tert-OH is 1. The molecule has 2 heteroatoms. The molecule has 0 saturated heterocycles. The zero-order valence-corrected chi connectivity index (χ0v) is 8.33. The van der Waals surface area contributed by atoms with E-state index < -0.39 is 0 Å². The standard InChI is InChI=1S/C11H17NO/c1-3-4-9(2)10-5-6-11(8-13)12-7-10/h5-7,9,13H,3-4,8H2,1-2H3. The van der Waals surface area contributed by atoms with Gasteiger partial charge in [-0.05, 0) is 24.0 Å². The van der Waals surface area contributed by atoms with Crippen molar-refractivity contribution in [2.24, 2.45) is 0 Å². The van der Waals surface area contributed by atoms with Crippen molar-refractivity contribution >= 4 is 0 Å². The van der Waals surface area contributed by atoms with Gasteiger partial charge < -0.3 is 5.11 Å². The molecule has 1 rings (SSSR count). The van der Waals surface area contributed by atoms with Crippen molar-refractivity contribution in [3.8, 4) is 0 Å². The minimum Gasteiger partial charge on any atom is -0.390 e. The Kier molecular flexibility index (Phi) is 3.90. The van der Waals surface area contributed by atoms with Crippen molar-refractivity contribution in [3.05, 3.63) is 29.6 Å². The third-order valence-corrected chi connectivity index (χ3v) is 2.30. The van der Waals surface area contributed by atoms with E-state index in [1.807, 2.05) is 12.3 Å². The van der Waals surface area contributed by atoms with E-state index in [9.17, 15) is 0 Å². The molecule has 0 bridgehead atoms. The number of aromatic nitrogens is 1. The number of aliphatic hydroxyl groups is 1. The van der Waals surface area contributed by atoms with Crippen LogP contribution in [-0.4, -0.2) is 10.1 Å². The maximum absolute atomic E-state index is 8.81. The summed E-state index contributed by atoms with van der Waals surface area (Å²) in [6.07, 6.45) is 4.26. The largest absolute Gasteiger partial charge is 0.390 e. The summed E-state index contributed by atoms with van der Waals surface area (Å²) in [5.41, 5.74) is 2.01. The Balaban J connectivity index is 2.67. The third-order valence-electron chi connectivity index (χ3n) is 2.30. The van der Waals surface area contributed by atoms with Gasteiger partial charge in [0.15, 0.2) is 0 Å². The lowest BCUT2D eigenvalue weighted by Gasteiger charge is -2.09. The van der Waals surface area contributed by atoms with Crippen molar-refractivity contribution in [2.45, 2.75) is 39.2 Å². The van der Waals surface area contributed by atoms with E-state index in [4.69, 9.17) is 5.11 Å². The number of pyridine rings is 1. The van der Waals surface area contributed by atoms with E-state index in [2.05, 4.69) is 24.9 Å². The van der Waals surface area contributed by atoms with Crippen LogP contribution in [0.1, 0.15) is 43.9 Å². The molecule has 13 heavy (non-hydrogen) atoms. The van der Waals surface area contributed by atoms with Crippen molar-refractivity contribution in [1.82, 2.24) is 4.98 Å². The van der Waals surface area contributed by atoms with Crippen LogP contribution in [-0.2, 0) is 6.61 Å². The van der Waals surface area contributed by atoms with Crippen LogP contribution in [0, 0.1) is 0 Å². The molecule has 0 aliphatic rings. The van der Waals surface area contributed by atoms with Gasteiger partial charge in [0, 0.05) is 6.20 Å². The van der Waals surface area contributed by atoms with Crippen LogP contribution in [0.25, 0.3) is 0 Å². The van der Waals surface area contributed by atoms with Crippen LogP contribution >= 0.6 is 0 Å². The predicted molar refractivity (Wildman–Crippen MR) is 53.5 cm³/mol. The molecule has 1 unspecified atom stereocenters. The molecule has 0 aliphatic carbocycles. The highest BCUT2D eigenvalue weighted by Crippen LogP contribution is 2.19. The molecular weight excluding hydrogens is 162 g/mol. The second-order valence-corrected chi connectivity index (χ2v) is 3.43. The average molecular weight is 179 g/mol. The fourth-order valence-electron chi connectivity index (χ4n) is 1.42. The summed E-state index contributed by atoms with van der Waals surface area (Å²) in [7, 11) is 0. The zero-order valence-electron chi connectivity index (χ0n) is 8.33. The molecule has 72 valence electrons. The minimum absolute atomic E-state index is 0.0302. The lowest BCUT2D eigenvalue weighted by Crippen LogP contribution is -1.96. The maximum atomic E-state index is 8.81. The molecule has 0 spiro atoms. The van der Waals surface area contributed by atoms with Gasteiger partial charge in [0.2, 0.25) is 0 Å². The number of nitrogens with zero attached hydrogens (tertiary/aromatic N) is 1. The second-order valence-electron chi connectivity index (χ2n) is 3.43. The number of hydrogen-bond donors (Lipinski definition) is 1. The van der Waals surface area contributed by atoms with Crippen molar-refractivity contribution in [3.63, 3.8) is 0 Å². The molecule has 0 aromatic carbocycles. The molecule has 1 aromatic rings. The molecule has 0 radical (unpaired) electrons. The van der Waals surface area contributed by atoms with Gasteiger partial charge >= 0.3 is 0 Å². The normalized spacial score (nSPS) is 12.8. The van der Waals surface area contributed by atoms with E-state index in [1.165, 1.54) is 18.4 Å². The Labute approximate surface area is 79.6 Å². The minimum atomic E-state index is 0.0302. The Hall–Kier alpha value is -0.890. The topological polar surface area (TPSA) is 33.1 Å². The first-order chi connectivity index (χ1) is 6.27. The second kappa shape index (κ2) is 4.97. The highest BCUT2D eigenvalue weighted by atomic mass is 16.3. The molecule has 1 atom stereocenters. The summed E-state index contributed by atoms with van der Waals surface area (Å²) >= 11 is 0. The molecule has 0 saturated carbocycles. The highest BCUT2D eigenvalue weighted by Gasteiger charge is 2.03. The molecule has 1 N–H and O–H groups in total. The third kappa shape index (κ3) is 2.81. The highest BCUT2D eigenvalue weighted by molar-refractivity contribution is 5.17. The van der Waals surface area contributed by atoms with E-state index >= 15 is 0 Å². The molecule has 0 aliphatic heterocycles.